The third kappa shape index (κ3) is 4.12. The van der Waals surface area contributed by atoms with Crippen LogP contribution in [0.5, 0.6) is 0 Å². The largest absolute Gasteiger partial charge is 0.354 e. The van der Waals surface area contributed by atoms with Gasteiger partial charge in [0.15, 0.2) is 0 Å². The lowest BCUT2D eigenvalue weighted by molar-refractivity contribution is -0.121. The first-order chi connectivity index (χ1) is 9.97. The van der Waals surface area contributed by atoms with Gasteiger partial charge in [-0.2, -0.15) is 0 Å². The van der Waals surface area contributed by atoms with Crippen molar-refractivity contribution in [2.24, 2.45) is 5.73 Å². The molecular formula is C14H17BrN4O2. The molecule has 0 aliphatic heterocycles. The zero-order valence-electron chi connectivity index (χ0n) is 11.7. The van der Waals surface area contributed by atoms with Crippen molar-refractivity contribution in [3.05, 3.63) is 39.4 Å². The minimum Gasteiger partial charge on any atom is -0.354 e. The Morgan fingerprint density at radius 2 is 2.29 bits per heavy atom. The van der Waals surface area contributed by atoms with E-state index in [1.807, 2.05) is 13.0 Å². The lowest BCUT2D eigenvalue weighted by atomic mass is 10.2. The molecule has 0 radical (unpaired) electrons. The van der Waals surface area contributed by atoms with Crippen molar-refractivity contribution >= 4 is 32.7 Å². The van der Waals surface area contributed by atoms with Gasteiger partial charge >= 0.3 is 0 Å². The number of amides is 1. The number of carbonyl (C=O) groups excluding carboxylic acids is 1. The van der Waals surface area contributed by atoms with E-state index in [2.05, 4.69) is 26.2 Å². The SMILES string of the molecule is CC(N)CCNC(=O)Cn1cnc2ccc(Br)cc2c1=O. The number of aromatic nitrogens is 2. The fourth-order valence-corrected chi connectivity index (χ4v) is 2.25. The molecule has 0 saturated carbocycles. The van der Waals surface area contributed by atoms with E-state index in [1.165, 1.54) is 10.9 Å². The Balaban J connectivity index is 2.14. The average molecular weight is 353 g/mol. The first-order valence-corrected chi connectivity index (χ1v) is 7.43. The highest BCUT2D eigenvalue weighted by Gasteiger charge is 2.08. The fraction of sp³-hybridized carbons (Fsp3) is 0.357. The summed E-state index contributed by atoms with van der Waals surface area (Å²) in [6, 6.07) is 5.32. The fourth-order valence-electron chi connectivity index (χ4n) is 1.89. The van der Waals surface area contributed by atoms with Crippen LogP contribution in [0.3, 0.4) is 0 Å². The Hall–Kier alpha value is -1.73. The number of rotatable bonds is 5. The summed E-state index contributed by atoms with van der Waals surface area (Å²) in [5.74, 6) is -0.228. The summed E-state index contributed by atoms with van der Waals surface area (Å²) in [7, 11) is 0. The quantitative estimate of drug-likeness (QED) is 0.840. The molecule has 2 rings (SSSR count). The summed E-state index contributed by atoms with van der Waals surface area (Å²) in [6.45, 7) is 2.33. The predicted octanol–water partition coefficient (Wildman–Crippen LogP) is 1.01. The van der Waals surface area contributed by atoms with Gasteiger partial charge in [-0.3, -0.25) is 14.2 Å². The molecule has 0 spiro atoms. The van der Waals surface area contributed by atoms with Crippen LogP contribution in [0.25, 0.3) is 10.9 Å². The monoisotopic (exact) mass is 352 g/mol. The van der Waals surface area contributed by atoms with E-state index in [1.54, 1.807) is 12.1 Å². The number of halogens is 1. The van der Waals surface area contributed by atoms with Crippen molar-refractivity contribution in [1.29, 1.82) is 0 Å². The smallest absolute Gasteiger partial charge is 0.261 e. The predicted molar refractivity (Wildman–Crippen MR) is 85.0 cm³/mol. The first kappa shape index (κ1) is 15.7. The molecule has 0 saturated heterocycles. The summed E-state index contributed by atoms with van der Waals surface area (Å²) in [4.78, 5) is 28.3. The number of nitrogens with zero attached hydrogens (tertiary/aromatic N) is 2. The van der Waals surface area contributed by atoms with Crippen molar-refractivity contribution in [3.63, 3.8) is 0 Å². The van der Waals surface area contributed by atoms with Crippen molar-refractivity contribution in [3.8, 4) is 0 Å². The molecule has 1 aromatic carbocycles. The van der Waals surface area contributed by atoms with Gasteiger partial charge in [-0.1, -0.05) is 15.9 Å². The summed E-state index contributed by atoms with van der Waals surface area (Å²) in [5.41, 5.74) is 5.99. The number of fused-ring (bicyclic) bond motifs is 1. The average Bonchev–Trinajstić information content (AvgIpc) is 2.42. The number of benzene rings is 1. The number of nitrogens with one attached hydrogen (secondary N) is 1. The molecule has 6 nitrogen and oxygen atoms in total. The molecule has 112 valence electrons. The molecule has 0 aliphatic carbocycles. The zero-order valence-corrected chi connectivity index (χ0v) is 13.3. The molecule has 2 aromatic rings. The van der Waals surface area contributed by atoms with Gasteiger partial charge in [0.25, 0.3) is 5.56 Å². The number of nitrogens with two attached hydrogens (primary N) is 1. The van der Waals surface area contributed by atoms with E-state index in [0.29, 0.717) is 23.9 Å². The van der Waals surface area contributed by atoms with E-state index < -0.39 is 0 Å². The standard InChI is InChI=1S/C14H17BrN4O2/c1-9(16)4-5-17-13(20)7-19-8-18-12-3-2-10(15)6-11(12)14(19)21/h2-3,6,8-9H,4-5,7,16H2,1H3,(H,17,20). The molecule has 1 unspecified atom stereocenters. The molecule has 1 heterocycles. The van der Waals surface area contributed by atoms with Gasteiger partial charge < -0.3 is 11.1 Å². The van der Waals surface area contributed by atoms with Gasteiger partial charge in [0, 0.05) is 17.1 Å². The van der Waals surface area contributed by atoms with Gasteiger partial charge in [-0.05, 0) is 31.5 Å². The van der Waals surface area contributed by atoms with Crippen LogP contribution in [0.4, 0.5) is 0 Å². The van der Waals surface area contributed by atoms with Crippen LogP contribution in [-0.4, -0.2) is 28.0 Å². The minimum absolute atomic E-state index is 0.0349. The van der Waals surface area contributed by atoms with E-state index in [4.69, 9.17) is 5.73 Å². The maximum Gasteiger partial charge on any atom is 0.261 e. The third-order valence-electron chi connectivity index (χ3n) is 3.02. The molecule has 7 heteroatoms. The molecule has 1 amide bonds. The highest BCUT2D eigenvalue weighted by molar-refractivity contribution is 9.10. The molecule has 0 bridgehead atoms. The zero-order chi connectivity index (χ0) is 15.4. The number of hydrogen-bond donors (Lipinski definition) is 2. The topological polar surface area (TPSA) is 90.0 Å². The van der Waals surface area contributed by atoms with E-state index in [9.17, 15) is 9.59 Å². The summed E-state index contributed by atoms with van der Waals surface area (Å²) in [6.07, 6.45) is 2.09. The van der Waals surface area contributed by atoms with Gasteiger partial charge in [0.2, 0.25) is 5.91 Å². The molecule has 0 fully saturated rings. The Labute approximate surface area is 130 Å². The summed E-state index contributed by atoms with van der Waals surface area (Å²) >= 11 is 3.32. The van der Waals surface area contributed by atoms with Crippen molar-refractivity contribution < 1.29 is 4.79 Å². The van der Waals surface area contributed by atoms with Crippen molar-refractivity contribution in [1.82, 2.24) is 14.9 Å². The van der Waals surface area contributed by atoms with Crippen molar-refractivity contribution in [2.45, 2.75) is 25.9 Å². The summed E-state index contributed by atoms with van der Waals surface area (Å²) in [5, 5.41) is 3.22. The number of hydrogen-bond acceptors (Lipinski definition) is 4. The molecule has 21 heavy (non-hydrogen) atoms. The van der Waals surface area contributed by atoms with Crippen LogP contribution in [0.2, 0.25) is 0 Å². The first-order valence-electron chi connectivity index (χ1n) is 6.64. The van der Waals surface area contributed by atoms with Gasteiger partial charge in [0.05, 0.1) is 17.2 Å². The minimum atomic E-state index is -0.233. The van der Waals surface area contributed by atoms with Crippen molar-refractivity contribution in [2.75, 3.05) is 6.54 Å². The maximum absolute atomic E-state index is 12.3. The Morgan fingerprint density at radius 1 is 1.52 bits per heavy atom. The number of carbonyl (C=O) groups is 1. The Bertz CT molecular complexity index is 712. The van der Waals surface area contributed by atoms with E-state index in [-0.39, 0.29) is 24.1 Å². The van der Waals surface area contributed by atoms with E-state index in [0.717, 1.165) is 4.47 Å². The summed E-state index contributed by atoms with van der Waals surface area (Å²) < 4.78 is 2.10. The molecule has 1 aromatic heterocycles. The molecule has 0 aliphatic rings. The van der Waals surface area contributed by atoms with Crippen LogP contribution in [-0.2, 0) is 11.3 Å². The van der Waals surface area contributed by atoms with Crippen LogP contribution < -0.4 is 16.6 Å². The van der Waals surface area contributed by atoms with Crippen LogP contribution >= 0.6 is 15.9 Å². The van der Waals surface area contributed by atoms with E-state index >= 15 is 0 Å². The second-order valence-corrected chi connectivity index (χ2v) is 5.87. The van der Waals surface area contributed by atoms with Gasteiger partial charge in [-0.25, -0.2) is 4.98 Å². The lowest BCUT2D eigenvalue weighted by Crippen LogP contribution is -2.34. The molecule has 1 atom stereocenters. The lowest BCUT2D eigenvalue weighted by Gasteiger charge is -2.09. The molecular weight excluding hydrogens is 336 g/mol. The van der Waals surface area contributed by atoms with Gasteiger partial charge in [0.1, 0.15) is 6.54 Å². The highest BCUT2D eigenvalue weighted by Crippen LogP contribution is 2.14. The maximum atomic E-state index is 12.3. The second-order valence-electron chi connectivity index (χ2n) is 4.96. The Kier molecular flexibility index (Phi) is 5.08. The normalized spacial score (nSPS) is 12.3. The highest BCUT2D eigenvalue weighted by atomic mass is 79.9. The third-order valence-corrected chi connectivity index (χ3v) is 3.52. The second kappa shape index (κ2) is 6.82. The Morgan fingerprint density at radius 3 is 3.00 bits per heavy atom. The van der Waals surface area contributed by atoms with Crippen LogP contribution in [0.15, 0.2) is 33.8 Å². The van der Waals surface area contributed by atoms with Gasteiger partial charge in [-0.15, -0.1) is 0 Å². The molecule has 3 N–H and O–H groups in total. The van der Waals surface area contributed by atoms with Crippen LogP contribution in [0, 0.1) is 0 Å². The van der Waals surface area contributed by atoms with Crippen LogP contribution in [0.1, 0.15) is 13.3 Å².